The van der Waals surface area contributed by atoms with Crippen LogP contribution in [-0.2, 0) is 4.79 Å². The molecule has 2 rings (SSSR count). The summed E-state index contributed by atoms with van der Waals surface area (Å²) >= 11 is 4.23. The summed E-state index contributed by atoms with van der Waals surface area (Å²) in [4.78, 5) is 12.2. The average molecular weight is 376 g/mol. The summed E-state index contributed by atoms with van der Waals surface area (Å²) in [6, 6.07) is 7.45. The van der Waals surface area contributed by atoms with Crippen LogP contribution >= 0.6 is 12.6 Å². The van der Waals surface area contributed by atoms with E-state index in [1.54, 1.807) is 0 Å². The number of carbonyl (C=O) groups excluding carboxylic acids is 1. The van der Waals surface area contributed by atoms with Gasteiger partial charge in [0.15, 0.2) is 0 Å². The van der Waals surface area contributed by atoms with E-state index in [9.17, 15) is 4.79 Å². The Balaban J connectivity index is 1.70. The Morgan fingerprint density at radius 2 is 1.69 bits per heavy atom. The van der Waals surface area contributed by atoms with Crippen molar-refractivity contribution in [1.82, 2.24) is 20.2 Å². The molecule has 0 atom stereocenters. The molecule has 6 nitrogen and oxygen atoms in total. The highest BCUT2D eigenvalue weighted by atomic mass is 32.1. The quantitative estimate of drug-likeness (QED) is 0.412. The number of unbranched alkanes of at least 4 members (excludes halogenated alkanes) is 8. The van der Waals surface area contributed by atoms with Crippen LogP contribution in [0.5, 0.6) is 0 Å². The summed E-state index contributed by atoms with van der Waals surface area (Å²) in [5.74, 6) is 0.0224. The lowest BCUT2D eigenvalue weighted by Gasteiger charge is -2.10. The fraction of sp³-hybridized carbons (Fsp3) is 0.579. The number of nitrogens with one attached hydrogen (secondary N) is 1. The van der Waals surface area contributed by atoms with Crippen LogP contribution in [0.1, 0.15) is 71.1 Å². The maximum atomic E-state index is 12.2. The highest BCUT2D eigenvalue weighted by molar-refractivity contribution is 7.80. The van der Waals surface area contributed by atoms with Gasteiger partial charge in [-0.1, -0.05) is 70.4 Å². The molecule has 0 bridgehead atoms. The van der Waals surface area contributed by atoms with Crippen molar-refractivity contribution < 1.29 is 4.79 Å². The van der Waals surface area contributed by atoms with Crippen LogP contribution in [0.15, 0.2) is 29.4 Å². The molecule has 1 aromatic carbocycles. The number of amides is 1. The molecule has 0 spiro atoms. The van der Waals surface area contributed by atoms with Crippen molar-refractivity contribution >= 4 is 24.2 Å². The van der Waals surface area contributed by atoms with Crippen molar-refractivity contribution in [3.8, 4) is 5.69 Å². The standard InChI is InChI=1S/C19H29N5OS/c1-2-3-4-5-6-7-8-9-10-15-18(25)20-16-13-11-12-14-17(16)24-19(26)21-22-23-24/h11-14H,2-10,15H2,1H3,(H,20,25)(H,21,23,26). The van der Waals surface area contributed by atoms with E-state index >= 15 is 0 Å². The molecule has 0 aliphatic rings. The highest BCUT2D eigenvalue weighted by Crippen LogP contribution is 2.21. The van der Waals surface area contributed by atoms with Crippen LogP contribution in [-0.4, -0.2) is 26.1 Å². The van der Waals surface area contributed by atoms with E-state index in [-0.39, 0.29) is 5.91 Å². The SMILES string of the molecule is CCCCCCCCCCCC(=O)Nc1ccccc1-n1nnnc1S. The average Bonchev–Trinajstić information content (AvgIpc) is 3.06. The Hall–Kier alpha value is -1.89. The van der Waals surface area contributed by atoms with E-state index in [0.29, 0.717) is 23.0 Å². The predicted octanol–water partition coefficient (Wildman–Crippen LogP) is 4.81. The molecule has 142 valence electrons. The lowest BCUT2D eigenvalue weighted by molar-refractivity contribution is -0.116. The number of benzene rings is 1. The van der Waals surface area contributed by atoms with E-state index in [0.717, 1.165) is 12.8 Å². The molecule has 0 fully saturated rings. The Kier molecular flexibility index (Phi) is 9.17. The maximum Gasteiger partial charge on any atom is 0.224 e. The summed E-state index contributed by atoms with van der Waals surface area (Å²) in [6.45, 7) is 2.24. The van der Waals surface area contributed by atoms with Gasteiger partial charge in [0, 0.05) is 6.42 Å². The van der Waals surface area contributed by atoms with Crippen molar-refractivity contribution in [2.75, 3.05) is 5.32 Å². The van der Waals surface area contributed by atoms with E-state index in [1.807, 2.05) is 24.3 Å². The molecule has 1 amide bonds. The number of nitrogens with zero attached hydrogens (tertiary/aromatic N) is 4. The van der Waals surface area contributed by atoms with Gasteiger partial charge < -0.3 is 5.32 Å². The minimum Gasteiger partial charge on any atom is -0.324 e. The monoisotopic (exact) mass is 375 g/mol. The Bertz CT molecular complexity index is 673. The van der Waals surface area contributed by atoms with Gasteiger partial charge in [0.25, 0.3) is 0 Å². The van der Waals surface area contributed by atoms with Gasteiger partial charge in [-0.25, -0.2) is 0 Å². The maximum absolute atomic E-state index is 12.2. The number of hydrogen-bond acceptors (Lipinski definition) is 5. The molecule has 1 N–H and O–H groups in total. The minimum atomic E-state index is 0.0224. The fourth-order valence-electron chi connectivity index (χ4n) is 2.91. The number of anilines is 1. The molecule has 0 saturated heterocycles. The van der Waals surface area contributed by atoms with Crippen molar-refractivity contribution in [1.29, 1.82) is 0 Å². The number of aromatic nitrogens is 4. The second-order valence-electron chi connectivity index (χ2n) is 6.53. The zero-order valence-corrected chi connectivity index (χ0v) is 16.4. The molecule has 26 heavy (non-hydrogen) atoms. The van der Waals surface area contributed by atoms with Crippen molar-refractivity contribution in [3.63, 3.8) is 0 Å². The van der Waals surface area contributed by atoms with Gasteiger partial charge in [0.2, 0.25) is 11.1 Å². The first-order valence-corrected chi connectivity index (χ1v) is 10.0. The van der Waals surface area contributed by atoms with E-state index in [4.69, 9.17) is 0 Å². The predicted molar refractivity (Wildman–Crippen MR) is 107 cm³/mol. The zero-order chi connectivity index (χ0) is 18.6. The van der Waals surface area contributed by atoms with Gasteiger partial charge in [-0.05, 0) is 29.0 Å². The first kappa shape index (κ1) is 20.4. The van der Waals surface area contributed by atoms with Crippen LogP contribution in [0.2, 0.25) is 0 Å². The minimum absolute atomic E-state index is 0.0224. The summed E-state index contributed by atoms with van der Waals surface area (Å²) in [7, 11) is 0. The largest absolute Gasteiger partial charge is 0.324 e. The van der Waals surface area contributed by atoms with Crippen LogP contribution < -0.4 is 5.32 Å². The molecule has 0 aliphatic heterocycles. The normalized spacial score (nSPS) is 10.8. The van der Waals surface area contributed by atoms with Crippen LogP contribution in [0.3, 0.4) is 0 Å². The molecule has 1 aromatic heterocycles. The first-order valence-electron chi connectivity index (χ1n) is 9.59. The van der Waals surface area contributed by atoms with Gasteiger partial charge in [-0.15, -0.1) is 17.7 Å². The van der Waals surface area contributed by atoms with Gasteiger partial charge in [-0.3, -0.25) is 4.79 Å². The van der Waals surface area contributed by atoms with Crippen LogP contribution in [0, 0.1) is 0 Å². The molecular weight excluding hydrogens is 346 g/mol. The molecule has 1 heterocycles. The molecule has 0 aliphatic carbocycles. The Labute approximate surface area is 161 Å². The molecule has 7 heteroatoms. The zero-order valence-electron chi connectivity index (χ0n) is 15.5. The van der Waals surface area contributed by atoms with E-state index < -0.39 is 0 Å². The lowest BCUT2D eigenvalue weighted by Crippen LogP contribution is -2.13. The number of hydrogen-bond donors (Lipinski definition) is 2. The molecule has 0 unspecified atom stereocenters. The van der Waals surface area contributed by atoms with Gasteiger partial charge in [0.1, 0.15) is 0 Å². The highest BCUT2D eigenvalue weighted by Gasteiger charge is 2.11. The molecule has 0 saturated carbocycles. The van der Waals surface area contributed by atoms with Gasteiger partial charge in [0.05, 0.1) is 11.4 Å². The smallest absolute Gasteiger partial charge is 0.224 e. The number of rotatable bonds is 12. The third-order valence-electron chi connectivity index (χ3n) is 4.37. The summed E-state index contributed by atoms with van der Waals surface area (Å²) in [5.41, 5.74) is 1.40. The van der Waals surface area contributed by atoms with Crippen LogP contribution in [0.4, 0.5) is 5.69 Å². The van der Waals surface area contributed by atoms with Crippen molar-refractivity contribution in [2.45, 2.75) is 76.3 Å². The number of carbonyl (C=O) groups is 1. The van der Waals surface area contributed by atoms with E-state index in [1.165, 1.54) is 49.6 Å². The molecule has 2 aromatic rings. The third kappa shape index (κ3) is 6.78. The Morgan fingerprint density at radius 1 is 1.04 bits per heavy atom. The first-order chi connectivity index (χ1) is 12.7. The number of tetrazole rings is 1. The van der Waals surface area contributed by atoms with Gasteiger partial charge in [-0.2, -0.15) is 4.68 Å². The topological polar surface area (TPSA) is 72.7 Å². The summed E-state index contributed by atoms with van der Waals surface area (Å²) in [5, 5.41) is 14.6. The summed E-state index contributed by atoms with van der Waals surface area (Å²) in [6.07, 6.45) is 11.7. The number of para-hydroxylation sites is 2. The van der Waals surface area contributed by atoms with E-state index in [2.05, 4.69) is 40.4 Å². The fourth-order valence-corrected chi connectivity index (χ4v) is 3.10. The Morgan fingerprint density at radius 3 is 2.35 bits per heavy atom. The molecular formula is C19H29N5OS. The second-order valence-corrected chi connectivity index (χ2v) is 6.93. The van der Waals surface area contributed by atoms with Crippen molar-refractivity contribution in [3.05, 3.63) is 24.3 Å². The van der Waals surface area contributed by atoms with Crippen LogP contribution in [0.25, 0.3) is 5.69 Å². The number of thiol groups is 1. The summed E-state index contributed by atoms with van der Waals surface area (Å²) < 4.78 is 1.50. The molecule has 0 radical (unpaired) electrons. The van der Waals surface area contributed by atoms with Crippen molar-refractivity contribution in [2.24, 2.45) is 0 Å². The lowest BCUT2D eigenvalue weighted by atomic mass is 10.1. The second kappa shape index (κ2) is 11.7. The third-order valence-corrected chi connectivity index (χ3v) is 4.65. The van der Waals surface area contributed by atoms with Gasteiger partial charge >= 0.3 is 0 Å².